The predicted molar refractivity (Wildman–Crippen MR) is 127 cm³/mol. The molecule has 1 saturated heterocycles. The van der Waals surface area contributed by atoms with Gasteiger partial charge in [0.05, 0.1) is 28.4 Å². The van der Waals surface area contributed by atoms with Crippen LogP contribution >= 0.6 is 11.3 Å². The van der Waals surface area contributed by atoms with E-state index in [9.17, 15) is 19.2 Å². The maximum absolute atomic E-state index is 13.1. The van der Waals surface area contributed by atoms with Gasteiger partial charge in [-0.1, -0.05) is 18.2 Å². The van der Waals surface area contributed by atoms with Gasteiger partial charge in [-0.05, 0) is 18.2 Å². The largest absolute Gasteiger partial charge is 0.354 e. The molecule has 11 heteroatoms. The smallest absolute Gasteiger partial charge is 0.295 e. The van der Waals surface area contributed by atoms with Crippen molar-refractivity contribution < 1.29 is 19.2 Å². The molecule has 3 amide bonds. The number of rotatable bonds is 3. The summed E-state index contributed by atoms with van der Waals surface area (Å²) in [4.78, 5) is 66.9. The van der Waals surface area contributed by atoms with Crippen LogP contribution in [0.2, 0.25) is 0 Å². The lowest BCUT2D eigenvalue weighted by molar-refractivity contribution is -0.131. The Kier molecular flexibility index (Phi) is 4.92. The van der Waals surface area contributed by atoms with Crippen LogP contribution in [0.4, 0.5) is 5.13 Å². The summed E-state index contributed by atoms with van der Waals surface area (Å²) in [7, 11) is 0. The highest BCUT2D eigenvalue weighted by atomic mass is 32.1. The molecule has 10 nitrogen and oxygen atoms in total. The van der Waals surface area contributed by atoms with Crippen molar-refractivity contribution in [3.05, 3.63) is 76.6 Å². The van der Waals surface area contributed by atoms with E-state index in [1.807, 2.05) is 6.07 Å². The number of piperazine rings is 1. The van der Waals surface area contributed by atoms with Gasteiger partial charge in [0.25, 0.3) is 23.5 Å². The third-order valence-corrected chi connectivity index (χ3v) is 7.01. The van der Waals surface area contributed by atoms with E-state index in [0.29, 0.717) is 28.5 Å². The summed E-state index contributed by atoms with van der Waals surface area (Å²) >= 11 is 1.28. The molecule has 0 bridgehead atoms. The lowest BCUT2D eigenvalue weighted by atomic mass is 9.94. The number of nitrogens with zero attached hydrogens (tertiary/aromatic N) is 4. The van der Waals surface area contributed by atoms with Crippen molar-refractivity contribution in [2.45, 2.75) is 6.04 Å². The van der Waals surface area contributed by atoms with E-state index in [2.05, 4.69) is 20.3 Å². The highest BCUT2D eigenvalue weighted by Crippen LogP contribution is 2.37. The van der Waals surface area contributed by atoms with Crippen LogP contribution in [0.15, 0.2) is 54.2 Å². The first-order valence-electron chi connectivity index (χ1n) is 10.9. The molecule has 4 aromatic rings. The number of benzene rings is 1. The lowest BCUT2D eigenvalue weighted by Crippen LogP contribution is -2.56. The van der Waals surface area contributed by atoms with Crippen LogP contribution < -0.4 is 5.32 Å². The maximum atomic E-state index is 13.1. The van der Waals surface area contributed by atoms with E-state index < -0.39 is 23.6 Å². The second kappa shape index (κ2) is 8.13. The van der Waals surface area contributed by atoms with E-state index in [1.54, 1.807) is 46.8 Å². The van der Waals surface area contributed by atoms with E-state index >= 15 is 0 Å². The summed E-state index contributed by atoms with van der Waals surface area (Å²) in [6.45, 7) is 0.763. The number of fused-ring (bicyclic) bond motifs is 5. The zero-order valence-electron chi connectivity index (χ0n) is 18.2. The highest BCUT2D eigenvalue weighted by molar-refractivity contribution is 7.13. The fourth-order valence-corrected chi connectivity index (χ4v) is 5.20. The standard InChI is InChI=1S/C24H18N6O4S/c31-20-16-18(27-17-14(6-7-25-19(16)17)21(32)28-24-26-8-11-35-24)15-12-29(9-10-30(15)23(20)34)22(33)13-4-2-1-3-5-13/h1-8,11,15,27H,9-10,12H2,(H,26,28,32)/t15-/m0/s1. The van der Waals surface area contributed by atoms with Crippen molar-refractivity contribution in [2.24, 2.45) is 0 Å². The maximum Gasteiger partial charge on any atom is 0.295 e. The Morgan fingerprint density at radius 1 is 1.06 bits per heavy atom. The van der Waals surface area contributed by atoms with Gasteiger partial charge in [0.2, 0.25) is 0 Å². The normalized spacial score (nSPS) is 17.3. The first-order chi connectivity index (χ1) is 17.0. The van der Waals surface area contributed by atoms with Gasteiger partial charge in [-0.3, -0.25) is 29.5 Å². The SMILES string of the molecule is O=C1C(=O)N2CCN(C(=O)c3ccccc3)C[C@H]2c2[nH]c3c(C(=O)Nc4nccs4)ccnc3c21. The van der Waals surface area contributed by atoms with E-state index in [4.69, 9.17) is 0 Å². The number of hydrogen-bond donors (Lipinski definition) is 2. The number of aromatic amines is 1. The molecule has 1 atom stereocenters. The summed E-state index contributed by atoms with van der Waals surface area (Å²) in [5.41, 5.74) is 2.09. The Hall–Kier alpha value is -4.38. The second-order valence-electron chi connectivity index (χ2n) is 8.25. The molecule has 0 saturated carbocycles. The lowest BCUT2D eigenvalue weighted by Gasteiger charge is -2.43. The zero-order valence-corrected chi connectivity index (χ0v) is 19.0. The van der Waals surface area contributed by atoms with Crippen molar-refractivity contribution in [3.8, 4) is 0 Å². The second-order valence-corrected chi connectivity index (χ2v) is 9.14. The van der Waals surface area contributed by atoms with Crippen LogP contribution in [-0.4, -0.2) is 67.9 Å². The molecule has 0 spiro atoms. The van der Waals surface area contributed by atoms with Crippen molar-refractivity contribution in [3.63, 3.8) is 0 Å². The minimum Gasteiger partial charge on any atom is -0.354 e. The van der Waals surface area contributed by atoms with Gasteiger partial charge in [0.15, 0.2) is 5.13 Å². The third kappa shape index (κ3) is 3.39. The molecular formula is C24H18N6O4S. The monoisotopic (exact) mass is 486 g/mol. The number of Topliss-reactive ketones (excluding diaryl/α,β-unsaturated/α-hetero) is 1. The number of ketones is 1. The summed E-state index contributed by atoms with van der Waals surface area (Å²) in [5.74, 6) is -1.86. The fourth-order valence-electron chi connectivity index (χ4n) is 4.68. The van der Waals surface area contributed by atoms with Crippen molar-refractivity contribution in [1.29, 1.82) is 0 Å². The number of carbonyl (C=O) groups is 4. The number of nitrogens with one attached hydrogen (secondary N) is 2. The Morgan fingerprint density at radius 2 is 1.89 bits per heavy atom. The molecule has 0 unspecified atom stereocenters. The molecule has 2 N–H and O–H groups in total. The van der Waals surface area contributed by atoms with Crippen LogP contribution in [0.1, 0.15) is 42.8 Å². The van der Waals surface area contributed by atoms with E-state index in [0.717, 1.165) is 0 Å². The number of thiazole rings is 1. The number of amides is 3. The zero-order chi connectivity index (χ0) is 24.1. The van der Waals surface area contributed by atoms with Gasteiger partial charge in [-0.15, -0.1) is 11.3 Å². The topological polar surface area (TPSA) is 128 Å². The molecule has 1 fully saturated rings. The van der Waals surface area contributed by atoms with Crippen LogP contribution in [-0.2, 0) is 4.79 Å². The fraction of sp³-hybridized carbons (Fsp3) is 0.167. The van der Waals surface area contributed by atoms with Crippen LogP contribution in [0, 0.1) is 0 Å². The number of pyridine rings is 1. The molecule has 174 valence electrons. The molecule has 1 aromatic carbocycles. The van der Waals surface area contributed by atoms with Crippen molar-refractivity contribution >= 4 is 51.0 Å². The Bertz CT molecular complexity index is 1500. The number of anilines is 1. The average molecular weight is 487 g/mol. The quantitative estimate of drug-likeness (QED) is 0.428. The van der Waals surface area contributed by atoms with Crippen LogP contribution in [0.3, 0.4) is 0 Å². The third-order valence-electron chi connectivity index (χ3n) is 6.32. The number of H-pyrrole nitrogens is 1. The molecule has 6 rings (SSSR count). The van der Waals surface area contributed by atoms with Gasteiger partial charge in [-0.25, -0.2) is 4.98 Å². The van der Waals surface area contributed by atoms with Crippen molar-refractivity contribution in [2.75, 3.05) is 25.0 Å². The predicted octanol–water partition coefficient (Wildman–Crippen LogP) is 2.49. The summed E-state index contributed by atoms with van der Waals surface area (Å²) in [5, 5.41) is 4.92. The molecular weight excluding hydrogens is 468 g/mol. The summed E-state index contributed by atoms with van der Waals surface area (Å²) in [6.07, 6.45) is 3.02. The Labute approximate surface area is 202 Å². The Morgan fingerprint density at radius 3 is 2.66 bits per heavy atom. The number of hydrogen-bond acceptors (Lipinski definition) is 7. The minimum atomic E-state index is -0.671. The Balaban J connectivity index is 1.40. The van der Waals surface area contributed by atoms with Crippen LogP contribution in [0.5, 0.6) is 0 Å². The molecule has 3 aromatic heterocycles. The summed E-state index contributed by atoms with van der Waals surface area (Å²) < 4.78 is 0. The molecule has 0 aliphatic carbocycles. The van der Waals surface area contributed by atoms with E-state index in [-0.39, 0.29) is 35.6 Å². The molecule has 2 aliphatic rings. The van der Waals surface area contributed by atoms with Gasteiger partial charge in [0, 0.05) is 43.0 Å². The van der Waals surface area contributed by atoms with Crippen LogP contribution in [0.25, 0.3) is 11.0 Å². The van der Waals surface area contributed by atoms with Gasteiger partial charge < -0.3 is 14.8 Å². The first kappa shape index (κ1) is 21.2. The molecule has 2 aliphatic heterocycles. The molecule has 5 heterocycles. The number of carbonyl (C=O) groups excluding carboxylic acids is 4. The van der Waals surface area contributed by atoms with Gasteiger partial charge in [0.1, 0.15) is 5.52 Å². The average Bonchev–Trinajstić information content (AvgIpc) is 3.55. The summed E-state index contributed by atoms with van der Waals surface area (Å²) in [6, 6.07) is 9.92. The molecule has 35 heavy (non-hydrogen) atoms. The van der Waals surface area contributed by atoms with Crippen molar-refractivity contribution in [1.82, 2.24) is 24.8 Å². The van der Waals surface area contributed by atoms with Gasteiger partial charge in [-0.2, -0.15) is 0 Å². The van der Waals surface area contributed by atoms with Gasteiger partial charge >= 0.3 is 0 Å². The highest BCUT2D eigenvalue weighted by Gasteiger charge is 2.45. The van der Waals surface area contributed by atoms with E-state index in [1.165, 1.54) is 22.4 Å². The minimum absolute atomic E-state index is 0.145. The molecule has 0 radical (unpaired) electrons. The first-order valence-corrected chi connectivity index (χ1v) is 11.8. The number of aromatic nitrogens is 3.